The molecule has 1 aliphatic carbocycles. The van der Waals surface area contributed by atoms with E-state index in [-0.39, 0.29) is 12.7 Å². The van der Waals surface area contributed by atoms with Gasteiger partial charge in [0.25, 0.3) is 0 Å². The zero-order valence-corrected chi connectivity index (χ0v) is 17.1. The van der Waals surface area contributed by atoms with Gasteiger partial charge >= 0.3 is 0 Å². The van der Waals surface area contributed by atoms with Gasteiger partial charge in [0.05, 0.1) is 11.1 Å². The van der Waals surface area contributed by atoms with Gasteiger partial charge in [-0.1, -0.05) is 23.4 Å². The number of ether oxygens (including phenoxy) is 2. The summed E-state index contributed by atoms with van der Waals surface area (Å²) in [6.45, 7) is 3.36. The fourth-order valence-corrected chi connectivity index (χ4v) is 4.50. The molecule has 1 saturated carbocycles. The minimum atomic E-state index is -0.535. The summed E-state index contributed by atoms with van der Waals surface area (Å²) in [5.74, 6) is 2.24. The summed E-state index contributed by atoms with van der Waals surface area (Å²) in [6.07, 6.45) is 1.63. The van der Waals surface area contributed by atoms with Crippen molar-refractivity contribution >= 4 is 11.6 Å². The number of piperazine rings is 1. The Labute approximate surface area is 180 Å². The van der Waals surface area contributed by atoms with Crippen LogP contribution in [0.25, 0.3) is 11.3 Å². The molecule has 0 radical (unpaired) electrons. The van der Waals surface area contributed by atoms with Crippen LogP contribution >= 0.6 is 0 Å². The van der Waals surface area contributed by atoms with Gasteiger partial charge in [-0.15, -0.1) is 0 Å². The number of amides is 1. The van der Waals surface area contributed by atoms with Crippen molar-refractivity contribution in [1.82, 2.24) is 10.1 Å². The van der Waals surface area contributed by atoms with Gasteiger partial charge in [0.1, 0.15) is 0 Å². The third kappa shape index (κ3) is 3.12. The predicted octanol–water partition coefficient (Wildman–Crippen LogP) is 3.45. The molecule has 1 amide bonds. The molecule has 0 unspecified atom stereocenters. The molecule has 3 heterocycles. The number of rotatable bonds is 4. The standard InChI is InChI=1S/C24H23N3O4/c28-23(27-12-10-26(11-13-27)18-4-2-1-3-5-18)24(8-9-24)22-15-20(31-25-22)17-6-7-19-21(14-17)30-16-29-19/h1-7,14-15H,8-13,16H2. The second-order valence-electron chi connectivity index (χ2n) is 8.34. The van der Waals surface area contributed by atoms with E-state index in [2.05, 4.69) is 22.2 Å². The molecule has 0 spiro atoms. The minimum Gasteiger partial charge on any atom is -0.454 e. The van der Waals surface area contributed by atoms with Gasteiger partial charge in [0.15, 0.2) is 17.3 Å². The molecule has 3 aromatic rings. The molecule has 7 heteroatoms. The van der Waals surface area contributed by atoms with E-state index in [1.54, 1.807) is 0 Å². The topological polar surface area (TPSA) is 68.0 Å². The number of nitrogens with zero attached hydrogens (tertiary/aromatic N) is 3. The monoisotopic (exact) mass is 417 g/mol. The van der Waals surface area contributed by atoms with Crippen LogP contribution in [0.3, 0.4) is 0 Å². The molecule has 1 saturated heterocycles. The SMILES string of the molecule is O=C(N1CCN(c2ccccc2)CC1)C1(c2cc(-c3ccc4c(c3)OCO4)on2)CC1. The van der Waals surface area contributed by atoms with Gasteiger partial charge in [0.2, 0.25) is 12.7 Å². The van der Waals surface area contributed by atoms with E-state index in [4.69, 9.17) is 14.0 Å². The predicted molar refractivity (Wildman–Crippen MR) is 114 cm³/mol. The van der Waals surface area contributed by atoms with Crippen molar-refractivity contribution in [3.8, 4) is 22.8 Å². The van der Waals surface area contributed by atoms with E-state index < -0.39 is 5.41 Å². The van der Waals surface area contributed by atoms with Crippen LogP contribution in [-0.2, 0) is 10.2 Å². The Kier molecular flexibility index (Phi) is 4.16. The van der Waals surface area contributed by atoms with Crippen LogP contribution < -0.4 is 14.4 Å². The summed E-state index contributed by atoms with van der Waals surface area (Å²) in [7, 11) is 0. The maximum Gasteiger partial charge on any atom is 0.235 e. The molecule has 0 N–H and O–H groups in total. The van der Waals surface area contributed by atoms with Crippen molar-refractivity contribution in [1.29, 1.82) is 0 Å². The molecule has 6 rings (SSSR count). The second kappa shape index (κ2) is 7.04. The molecule has 2 fully saturated rings. The average Bonchev–Trinajstić information content (AvgIpc) is 3.25. The third-order valence-corrected chi connectivity index (χ3v) is 6.51. The first-order chi connectivity index (χ1) is 15.2. The van der Waals surface area contributed by atoms with Crippen LogP contribution in [0.15, 0.2) is 59.1 Å². The Balaban J connectivity index is 1.17. The van der Waals surface area contributed by atoms with Crippen LogP contribution in [-0.4, -0.2) is 48.9 Å². The Hall–Kier alpha value is -3.48. The summed E-state index contributed by atoms with van der Waals surface area (Å²) >= 11 is 0. The highest BCUT2D eigenvalue weighted by Gasteiger charge is 2.55. The maximum absolute atomic E-state index is 13.4. The van der Waals surface area contributed by atoms with Gasteiger partial charge < -0.3 is 23.8 Å². The number of benzene rings is 2. The number of carbonyl (C=O) groups excluding carboxylic acids is 1. The van der Waals surface area contributed by atoms with Gasteiger partial charge in [-0.25, -0.2) is 0 Å². The van der Waals surface area contributed by atoms with E-state index in [9.17, 15) is 4.79 Å². The Morgan fingerprint density at radius 2 is 1.68 bits per heavy atom. The second-order valence-corrected chi connectivity index (χ2v) is 8.34. The van der Waals surface area contributed by atoms with E-state index in [1.165, 1.54) is 5.69 Å². The van der Waals surface area contributed by atoms with Crippen molar-refractivity contribution in [2.24, 2.45) is 0 Å². The first kappa shape index (κ1) is 18.3. The van der Waals surface area contributed by atoms with Crippen LogP contribution in [0.2, 0.25) is 0 Å². The molecule has 0 atom stereocenters. The molecule has 3 aliphatic rings. The van der Waals surface area contributed by atoms with Crippen molar-refractivity contribution in [3.05, 3.63) is 60.3 Å². The Morgan fingerprint density at radius 3 is 2.45 bits per heavy atom. The molecular formula is C24H23N3O4. The van der Waals surface area contributed by atoms with Gasteiger partial charge in [-0.3, -0.25) is 4.79 Å². The molecular weight excluding hydrogens is 394 g/mol. The normalized spacial score (nSPS) is 18.8. The van der Waals surface area contributed by atoms with Gasteiger partial charge in [-0.2, -0.15) is 0 Å². The number of fused-ring (bicyclic) bond motifs is 1. The number of anilines is 1. The lowest BCUT2D eigenvalue weighted by molar-refractivity contribution is -0.134. The number of carbonyl (C=O) groups is 1. The lowest BCUT2D eigenvalue weighted by Crippen LogP contribution is -2.51. The van der Waals surface area contributed by atoms with E-state index in [0.717, 1.165) is 56.0 Å². The smallest absolute Gasteiger partial charge is 0.235 e. The van der Waals surface area contributed by atoms with E-state index in [1.807, 2.05) is 47.4 Å². The van der Waals surface area contributed by atoms with Crippen LogP contribution in [0.1, 0.15) is 18.5 Å². The Bertz CT molecular complexity index is 1110. The van der Waals surface area contributed by atoms with Crippen LogP contribution in [0, 0.1) is 0 Å². The molecule has 158 valence electrons. The average molecular weight is 417 g/mol. The zero-order chi connectivity index (χ0) is 20.8. The highest BCUT2D eigenvalue weighted by Crippen LogP contribution is 2.50. The van der Waals surface area contributed by atoms with Crippen LogP contribution in [0.5, 0.6) is 11.5 Å². The highest BCUT2D eigenvalue weighted by atomic mass is 16.7. The number of hydrogen-bond donors (Lipinski definition) is 0. The third-order valence-electron chi connectivity index (χ3n) is 6.51. The van der Waals surface area contributed by atoms with Gasteiger partial charge in [0, 0.05) is 43.5 Å². The molecule has 2 aromatic carbocycles. The summed E-state index contributed by atoms with van der Waals surface area (Å²) in [5.41, 5.74) is 2.27. The van der Waals surface area contributed by atoms with Crippen molar-refractivity contribution < 1.29 is 18.8 Å². The fraction of sp³-hybridized carbons (Fsp3) is 0.333. The van der Waals surface area contributed by atoms with Gasteiger partial charge in [-0.05, 0) is 43.2 Å². The number of hydrogen-bond acceptors (Lipinski definition) is 6. The molecule has 1 aromatic heterocycles. The van der Waals surface area contributed by atoms with Crippen molar-refractivity contribution in [3.63, 3.8) is 0 Å². The minimum absolute atomic E-state index is 0.172. The highest BCUT2D eigenvalue weighted by molar-refractivity contribution is 5.91. The first-order valence-corrected chi connectivity index (χ1v) is 10.7. The van der Waals surface area contributed by atoms with E-state index in [0.29, 0.717) is 11.5 Å². The first-order valence-electron chi connectivity index (χ1n) is 10.7. The lowest BCUT2D eigenvalue weighted by Gasteiger charge is -2.37. The molecule has 2 aliphatic heterocycles. The van der Waals surface area contributed by atoms with E-state index >= 15 is 0 Å². The summed E-state index contributed by atoms with van der Waals surface area (Å²) in [4.78, 5) is 17.7. The zero-order valence-electron chi connectivity index (χ0n) is 17.1. The Morgan fingerprint density at radius 1 is 0.903 bits per heavy atom. The molecule has 31 heavy (non-hydrogen) atoms. The molecule has 7 nitrogen and oxygen atoms in total. The van der Waals surface area contributed by atoms with Crippen LogP contribution in [0.4, 0.5) is 5.69 Å². The quantitative estimate of drug-likeness (QED) is 0.648. The molecule has 0 bridgehead atoms. The fourth-order valence-electron chi connectivity index (χ4n) is 4.50. The summed E-state index contributed by atoms with van der Waals surface area (Å²) in [6, 6.07) is 17.9. The maximum atomic E-state index is 13.4. The largest absolute Gasteiger partial charge is 0.454 e. The van der Waals surface area contributed by atoms with Crippen molar-refractivity contribution in [2.75, 3.05) is 37.9 Å². The lowest BCUT2D eigenvalue weighted by atomic mass is 9.99. The summed E-state index contributed by atoms with van der Waals surface area (Å²) in [5, 5.41) is 4.29. The number of para-hydroxylation sites is 1. The number of aromatic nitrogens is 1. The van der Waals surface area contributed by atoms with Crippen molar-refractivity contribution in [2.45, 2.75) is 18.3 Å². The summed E-state index contributed by atoms with van der Waals surface area (Å²) < 4.78 is 16.5.